The summed E-state index contributed by atoms with van der Waals surface area (Å²) in [6.07, 6.45) is 17.1. The van der Waals surface area contributed by atoms with Crippen LogP contribution >= 0.6 is 0 Å². The Bertz CT molecular complexity index is 252. The average Bonchev–Trinajstić information content (AvgIpc) is 2.61. The molecule has 0 rings (SSSR count). The Kier molecular flexibility index (Phi) is 26.7. The van der Waals surface area contributed by atoms with Gasteiger partial charge in [-0.05, 0) is 12.8 Å². The molecule has 150 valence electrons. The third-order valence-corrected chi connectivity index (χ3v) is 13.6. The SMILES string of the molecule is CCCCCCCCCCCC(=O)[O-].CCCCC[CH2][Sn+]([CH2]C)[CH2]C. The molecule has 0 fully saturated rings. The first-order valence-electron chi connectivity index (χ1n) is 11.2. The fraction of sp³-hybridized carbons (Fsp3) is 0.955. The van der Waals surface area contributed by atoms with Gasteiger partial charge in [-0.1, -0.05) is 58.3 Å². The number of hydrogen-bond donors (Lipinski definition) is 0. The minimum atomic E-state index is -0.909. The zero-order valence-electron chi connectivity index (χ0n) is 17.8. The van der Waals surface area contributed by atoms with Crippen molar-refractivity contribution in [1.29, 1.82) is 0 Å². The second-order valence-electron chi connectivity index (χ2n) is 7.22. The van der Waals surface area contributed by atoms with Gasteiger partial charge in [0.15, 0.2) is 0 Å². The van der Waals surface area contributed by atoms with Gasteiger partial charge in [-0.3, -0.25) is 0 Å². The number of carbonyl (C=O) groups is 1. The number of carbonyl (C=O) groups excluding carboxylic acids is 1. The van der Waals surface area contributed by atoms with E-state index in [1.807, 2.05) is 0 Å². The predicted octanol–water partition coefficient (Wildman–Crippen LogP) is 6.76. The quantitative estimate of drug-likeness (QED) is 0.177. The van der Waals surface area contributed by atoms with Crippen molar-refractivity contribution in [2.45, 2.75) is 131 Å². The molecule has 0 aromatic carbocycles. The fourth-order valence-corrected chi connectivity index (χ4v) is 8.57. The summed E-state index contributed by atoms with van der Waals surface area (Å²) in [5, 5.41) is 10.1. The Labute approximate surface area is 166 Å². The van der Waals surface area contributed by atoms with Crippen molar-refractivity contribution in [3.8, 4) is 0 Å². The van der Waals surface area contributed by atoms with Gasteiger partial charge < -0.3 is 9.90 Å². The summed E-state index contributed by atoms with van der Waals surface area (Å²) in [7, 11) is 0. The van der Waals surface area contributed by atoms with Gasteiger partial charge in [-0.15, -0.1) is 0 Å². The summed E-state index contributed by atoms with van der Waals surface area (Å²) in [5.74, 6) is -0.909. The first kappa shape index (κ1) is 27.5. The molecule has 0 aliphatic carbocycles. The molecule has 0 N–H and O–H groups in total. The monoisotopic (exact) mass is 462 g/mol. The number of aliphatic carboxylic acids is 1. The van der Waals surface area contributed by atoms with E-state index in [0.717, 1.165) is 12.8 Å². The maximum absolute atomic E-state index is 10.1. The zero-order chi connectivity index (χ0) is 19.2. The van der Waals surface area contributed by atoms with Crippen molar-refractivity contribution in [1.82, 2.24) is 0 Å². The molecule has 0 aliphatic rings. The molecule has 0 radical (unpaired) electrons. The van der Waals surface area contributed by atoms with Crippen LogP contribution in [0.25, 0.3) is 0 Å². The Morgan fingerprint density at radius 2 is 1.04 bits per heavy atom. The van der Waals surface area contributed by atoms with Gasteiger partial charge >= 0.3 is 79.5 Å². The fourth-order valence-electron chi connectivity index (χ4n) is 2.99. The van der Waals surface area contributed by atoms with Crippen LogP contribution in [0.3, 0.4) is 0 Å². The normalized spacial score (nSPS) is 10.2. The molecule has 0 spiro atoms. The first-order chi connectivity index (χ1) is 12.1. The molecule has 0 heterocycles. The van der Waals surface area contributed by atoms with Crippen LogP contribution in [0.1, 0.15) is 118 Å². The summed E-state index contributed by atoms with van der Waals surface area (Å²) < 4.78 is 4.81. The van der Waals surface area contributed by atoms with Gasteiger partial charge in [-0.2, -0.15) is 0 Å². The van der Waals surface area contributed by atoms with Crippen LogP contribution in [0, 0.1) is 0 Å². The van der Waals surface area contributed by atoms with Gasteiger partial charge in [0.2, 0.25) is 0 Å². The van der Waals surface area contributed by atoms with Crippen LogP contribution in [0.2, 0.25) is 13.3 Å². The van der Waals surface area contributed by atoms with E-state index in [1.165, 1.54) is 64.2 Å². The first-order valence-corrected chi connectivity index (χ1v) is 17.2. The topological polar surface area (TPSA) is 40.1 Å². The third kappa shape index (κ3) is 26.6. The van der Waals surface area contributed by atoms with Gasteiger partial charge in [0.1, 0.15) is 0 Å². The maximum atomic E-state index is 10.1. The molecule has 0 aromatic heterocycles. The van der Waals surface area contributed by atoms with Crippen molar-refractivity contribution in [3.63, 3.8) is 0 Å². The second-order valence-corrected chi connectivity index (χ2v) is 17.0. The van der Waals surface area contributed by atoms with Crippen LogP contribution < -0.4 is 5.11 Å². The molecule has 0 bridgehead atoms. The summed E-state index contributed by atoms with van der Waals surface area (Å²) in [4.78, 5) is 10.1. The van der Waals surface area contributed by atoms with E-state index in [0.29, 0.717) is 0 Å². The van der Waals surface area contributed by atoms with E-state index < -0.39 is 25.7 Å². The Balaban J connectivity index is 0. The number of rotatable bonds is 17. The number of unbranched alkanes of at least 4 members (excludes halogenated alkanes) is 11. The molecular weight excluding hydrogens is 415 g/mol. The summed E-state index contributed by atoms with van der Waals surface area (Å²) in [6, 6.07) is 0. The van der Waals surface area contributed by atoms with E-state index >= 15 is 0 Å². The van der Waals surface area contributed by atoms with Gasteiger partial charge in [-0.25, -0.2) is 0 Å². The summed E-state index contributed by atoms with van der Waals surface area (Å²) in [6.45, 7) is 9.31. The van der Waals surface area contributed by atoms with E-state index in [-0.39, 0.29) is 6.42 Å². The number of carboxylic acid groups (broad SMARTS) is 1. The minimum absolute atomic E-state index is 0.232. The summed E-state index contributed by atoms with van der Waals surface area (Å²) in [5.41, 5.74) is 0. The average molecular weight is 461 g/mol. The molecular formula is C22H46O2Sn. The van der Waals surface area contributed by atoms with Crippen LogP contribution in [0.4, 0.5) is 0 Å². The van der Waals surface area contributed by atoms with E-state index in [1.54, 1.807) is 19.7 Å². The molecule has 0 atom stereocenters. The number of carboxylic acids is 1. The molecule has 0 aliphatic heterocycles. The van der Waals surface area contributed by atoms with Crippen molar-refractivity contribution in [2.75, 3.05) is 0 Å². The van der Waals surface area contributed by atoms with E-state index in [4.69, 9.17) is 0 Å². The molecule has 3 heteroatoms. The van der Waals surface area contributed by atoms with Crippen molar-refractivity contribution < 1.29 is 9.90 Å². The molecule has 0 unspecified atom stereocenters. The molecule has 0 saturated heterocycles. The van der Waals surface area contributed by atoms with Crippen LogP contribution in [0.5, 0.6) is 0 Å². The standard InChI is InChI=1S/C12H24O2.C6H13.2C2H5.Sn/c1-2-3-4-5-6-7-8-9-10-11-12(13)14;1-3-5-6-4-2;2*1-2;/h2-11H2,1H3,(H,13,14);1,3-6H2,2H3;2*1H2,2H3;/q;;;;+1/p-1. The van der Waals surface area contributed by atoms with Crippen LogP contribution in [-0.2, 0) is 4.79 Å². The molecule has 0 amide bonds. The Morgan fingerprint density at radius 1 is 0.640 bits per heavy atom. The van der Waals surface area contributed by atoms with Gasteiger partial charge in [0.25, 0.3) is 0 Å². The molecule has 0 aromatic rings. The van der Waals surface area contributed by atoms with E-state index in [9.17, 15) is 9.90 Å². The summed E-state index contributed by atoms with van der Waals surface area (Å²) >= 11 is -0.751. The van der Waals surface area contributed by atoms with Crippen molar-refractivity contribution in [2.24, 2.45) is 0 Å². The number of hydrogen-bond acceptors (Lipinski definition) is 2. The molecule has 25 heavy (non-hydrogen) atoms. The Hall–Kier alpha value is 0.269. The third-order valence-electron chi connectivity index (χ3n) is 4.87. The molecule has 0 saturated carbocycles. The van der Waals surface area contributed by atoms with Crippen LogP contribution in [0.15, 0.2) is 0 Å². The van der Waals surface area contributed by atoms with Gasteiger partial charge in [0, 0.05) is 5.97 Å². The predicted molar refractivity (Wildman–Crippen MR) is 113 cm³/mol. The van der Waals surface area contributed by atoms with Gasteiger partial charge in [0.05, 0.1) is 0 Å². The van der Waals surface area contributed by atoms with E-state index in [2.05, 4.69) is 27.7 Å². The zero-order valence-corrected chi connectivity index (χ0v) is 20.7. The second kappa shape index (κ2) is 24.3. The van der Waals surface area contributed by atoms with Crippen LogP contribution in [-0.4, -0.2) is 25.7 Å². The van der Waals surface area contributed by atoms with Crippen molar-refractivity contribution in [3.05, 3.63) is 0 Å². The van der Waals surface area contributed by atoms with Crippen molar-refractivity contribution >= 4 is 25.7 Å². The Morgan fingerprint density at radius 3 is 1.44 bits per heavy atom. The molecule has 2 nitrogen and oxygen atoms in total.